The van der Waals surface area contributed by atoms with Crippen LogP contribution in [0.15, 0.2) is 48.6 Å². The highest BCUT2D eigenvalue weighted by Gasteiger charge is 2.16. The van der Waals surface area contributed by atoms with Crippen LogP contribution in [0, 0.1) is 12.0 Å². The fourth-order valence-corrected chi connectivity index (χ4v) is 1.57. The predicted octanol–water partition coefficient (Wildman–Crippen LogP) is 2.66. The van der Waals surface area contributed by atoms with E-state index in [1.807, 2.05) is 24.3 Å². The molecule has 2 radical (unpaired) electrons. The third-order valence-electron chi connectivity index (χ3n) is 2.28. The molecule has 1 aliphatic carbocycles. The maximum atomic E-state index is 5.60. The Morgan fingerprint density at radius 3 is 2.15 bits per heavy atom. The monoisotopic (exact) mass is 168 g/mol. The van der Waals surface area contributed by atoms with Crippen molar-refractivity contribution in [1.29, 1.82) is 0 Å². The molecule has 6 rings (SSSR count). The van der Waals surface area contributed by atoms with Gasteiger partial charge in [0.1, 0.15) is 5.75 Å². The molecular weight excluding hydrogens is 160 g/mol. The molecule has 0 saturated carbocycles. The van der Waals surface area contributed by atoms with E-state index >= 15 is 0 Å². The molecule has 62 valence electrons. The zero-order chi connectivity index (χ0) is 8.67. The van der Waals surface area contributed by atoms with Crippen LogP contribution >= 0.6 is 0 Å². The number of hydrogen-bond acceptors (Lipinski definition) is 1. The molecule has 1 heteroatoms. The molecule has 0 atom stereocenters. The quantitative estimate of drug-likeness (QED) is 0.578. The van der Waals surface area contributed by atoms with Gasteiger partial charge in [-0.2, -0.15) is 0 Å². The molecule has 5 aliphatic rings. The SMILES string of the molecule is C1=C[C]2C=C[C]1Oc1ccc2cc1. The van der Waals surface area contributed by atoms with Gasteiger partial charge in [-0.05, 0) is 29.8 Å². The van der Waals surface area contributed by atoms with Gasteiger partial charge in [0.05, 0.1) is 0 Å². The highest BCUT2D eigenvalue weighted by Crippen LogP contribution is 2.30. The molecule has 4 heterocycles. The van der Waals surface area contributed by atoms with Crippen LogP contribution in [-0.4, -0.2) is 0 Å². The van der Waals surface area contributed by atoms with E-state index in [1.165, 1.54) is 11.5 Å². The van der Waals surface area contributed by atoms with Crippen molar-refractivity contribution >= 4 is 0 Å². The van der Waals surface area contributed by atoms with Crippen molar-refractivity contribution in [2.45, 2.75) is 0 Å². The van der Waals surface area contributed by atoms with Gasteiger partial charge in [0.15, 0.2) is 6.10 Å². The Labute approximate surface area is 77.3 Å². The van der Waals surface area contributed by atoms with Crippen molar-refractivity contribution < 1.29 is 4.74 Å². The molecule has 0 spiro atoms. The Morgan fingerprint density at radius 1 is 0.769 bits per heavy atom. The van der Waals surface area contributed by atoms with Gasteiger partial charge in [0.2, 0.25) is 0 Å². The summed E-state index contributed by atoms with van der Waals surface area (Å²) in [6, 6.07) is 8.14. The maximum Gasteiger partial charge on any atom is 0.192 e. The zero-order valence-electron chi connectivity index (χ0n) is 7.03. The Balaban J connectivity index is 2.20. The minimum Gasteiger partial charge on any atom is -0.474 e. The Bertz CT molecular complexity index is 359. The third-order valence-corrected chi connectivity index (χ3v) is 2.28. The first-order chi connectivity index (χ1) is 6.42. The van der Waals surface area contributed by atoms with Gasteiger partial charge in [0, 0.05) is 5.92 Å². The van der Waals surface area contributed by atoms with Crippen molar-refractivity contribution in [2.24, 2.45) is 0 Å². The van der Waals surface area contributed by atoms with Gasteiger partial charge in [-0.3, -0.25) is 0 Å². The van der Waals surface area contributed by atoms with Crippen molar-refractivity contribution in [1.82, 2.24) is 0 Å². The molecule has 0 saturated heterocycles. The largest absolute Gasteiger partial charge is 0.474 e. The molecule has 4 bridgehead atoms. The lowest BCUT2D eigenvalue weighted by Gasteiger charge is -2.12. The Kier molecular flexibility index (Phi) is 1.33. The summed E-state index contributed by atoms with van der Waals surface area (Å²) < 4.78 is 5.60. The molecule has 1 aromatic rings. The lowest BCUT2D eigenvalue weighted by atomic mass is 9.95. The third kappa shape index (κ3) is 1.08. The lowest BCUT2D eigenvalue weighted by molar-refractivity contribution is 0.387. The molecule has 0 aromatic heterocycles. The summed E-state index contributed by atoms with van der Waals surface area (Å²) in [6.45, 7) is 0. The normalized spacial score (nSPS) is 19.7. The molecule has 0 amide bonds. The maximum absolute atomic E-state index is 5.60. The minimum atomic E-state index is 0.899. The van der Waals surface area contributed by atoms with Gasteiger partial charge < -0.3 is 4.74 Å². The Hall–Kier alpha value is -1.50. The van der Waals surface area contributed by atoms with Gasteiger partial charge in [-0.25, -0.2) is 0 Å². The molecule has 0 unspecified atom stereocenters. The smallest absolute Gasteiger partial charge is 0.192 e. The zero-order valence-corrected chi connectivity index (χ0v) is 7.03. The van der Waals surface area contributed by atoms with E-state index in [0.29, 0.717) is 0 Å². The first-order valence-electron chi connectivity index (χ1n) is 4.30. The van der Waals surface area contributed by atoms with Crippen molar-refractivity contribution in [3.8, 4) is 5.75 Å². The second-order valence-corrected chi connectivity index (χ2v) is 3.15. The molecular formula is C12H8O. The fraction of sp³-hybridized carbons (Fsp3) is 0. The van der Waals surface area contributed by atoms with Crippen LogP contribution in [0.25, 0.3) is 0 Å². The predicted molar refractivity (Wildman–Crippen MR) is 50.9 cm³/mol. The van der Waals surface area contributed by atoms with Crippen LogP contribution in [-0.2, 0) is 0 Å². The molecule has 0 N–H and O–H groups in total. The van der Waals surface area contributed by atoms with E-state index in [1.54, 1.807) is 0 Å². The van der Waals surface area contributed by atoms with Crippen LogP contribution in [0.3, 0.4) is 0 Å². The number of allylic oxidation sites excluding steroid dienone is 2. The topological polar surface area (TPSA) is 9.23 Å². The highest BCUT2D eigenvalue weighted by atomic mass is 16.5. The van der Waals surface area contributed by atoms with Crippen molar-refractivity contribution in [3.63, 3.8) is 0 Å². The highest BCUT2D eigenvalue weighted by molar-refractivity contribution is 5.52. The molecule has 1 nitrogen and oxygen atoms in total. The number of benzene rings is 1. The Morgan fingerprint density at radius 2 is 1.46 bits per heavy atom. The van der Waals surface area contributed by atoms with Crippen LogP contribution < -0.4 is 4.74 Å². The standard InChI is InChI=1S/C12H8O/c1-5-11-6-2-9(1)10-3-7-12(13-11)8-4-10/h1-8H. The van der Waals surface area contributed by atoms with Gasteiger partial charge >= 0.3 is 0 Å². The summed E-state index contributed by atoms with van der Waals surface area (Å²) >= 11 is 0. The van der Waals surface area contributed by atoms with Crippen LogP contribution in [0.2, 0.25) is 0 Å². The van der Waals surface area contributed by atoms with Crippen LogP contribution in [0.4, 0.5) is 0 Å². The number of hydrogen-bond donors (Lipinski definition) is 0. The number of ether oxygens (including phenoxy) is 1. The summed E-state index contributed by atoms with van der Waals surface area (Å²) in [5.41, 5.74) is 1.24. The summed E-state index contributed by atoms with van der Waals surface area (Å²) in [7, 11) is 0. The molecule has 4 aliphatic heterocycles. The molecule has 13 heavy (non-hydrogen) atoms. The van der Waals surface area contributed by atoms with Crippen molar-refractivity contribution in [3.05, 3.63) is 66.2 Å². The second-order valence-electron chi connectivity index (χ2n) is 3.15. The average Bonchev–Trinajstić information content (AvgIpc) is 2.39. The summed E-state index contributed by atoms with van der Waals surface area (Å²) in [5, 5.41) is 0. The van der Waals surface area contributed by atoms with Gasteiger partial charge in [0.25, 0.3) is 0 Å². The van der Waals surface area contributed by atoms with E-state index < -0.39 is 0 Å². The van der Waals surface area contributed by atoms with Crippen molar-refractivity contribution in [2.75, 3.05) is 0 Å². The second kappa shape index (κ2) is 2.49. The summed E-state index contributed by atoms with van der Waals surface area (Å²) in [6.07, 6.45) is 9.04. The van der Waals surface area contributed by atoms with Gasteiger partial charge in [-0.1, -0.05) is 24.3 Å². The van der Waals surface area contributed by atoms with E-state index in [4.69, 9.17) is 4.74 Å². The minimum absolute atomic E-state index is 0.899. The van der Waals surface area contributed by atoms with E-state index in [2.05, 4.69) is 24.3 Å². The molecule has 0 fully saturated rings. The average molecular weight is 168 g/mol. The summed E-state index contributed by atoms with van der Waals surface area (Å²) in [5.74, 6) is 2.14. The summed E-state index contributed by atoms with van der Waals surface area (Å²) in [4.78, 5) is 0. The first-order valence-corrected chi connectivity index (χ1v) is 4.30. The number of rotatable bonds is 0. The fourth-order valence-electron chi connectivity index (χ4n) is 1.57. The van der Waals surface area contributed by atoms with E-state index in [9.17, 15) is 0 Å². The first kappa shape index (κ1) is 6.96. The van der Waals surface area contributed by atoms with Crippen LogP contribution in [0.5, 0.6) is 5.75 Å². The van der Waals surface area contributed by atoms with Gasteiger partial charge in [-0.15, -0.1) is 0 Å². The van der Waals surface area contributed by atoms with Crippen LogP contribution in [0.1, 0.15) is 5.56 Å². The molecule has 1 aromatic carbocycles. The van der Waals surface area contributed by atoms with E-state index in [-0.39, 0.29) is 0 Å². The van der Waals surface area contributed by atoms with E-state index in [0.717, 1.165) is 11.9 Å². The lowest BCUT2D eigenvalue weighted by Crippen LogP contribution is -2.03.